The van der Waals surface area contributed by atoms with Crippen molar-refractivity contribution in [2.45, 2.75) is 20.0 Å². The molecular formula is C25H30N4O2. The summed E-state index contributed by atoms with van der Waals surface area (Å²) in [5.74, 6) is 3.61. The number of nitrogens with one attached hydrogen (secondary N) is 2. The Kier molecular flexibility index (Phi) is 8.50. The van der Waals surface area contributed by atoms with Gasteiger partial charge in [0.05, 0.1) is 13.2 Å². The molecule has 1 atom stereocenters. The smallest absolute Gasteiger partial charge is 0.246 e. The average Bonchev–Trinajstić information content (AvgIpc) is 3.26. The normalized spacial score (nSPS) is 16.1. The summed E-state index contributed by atoms with van der Waals surface area (Å²) in [5, 5.41) is 6.14. The first-order valence-electron chi connectivity index (χ1n) is 10.7. The molecule has 31 heavy (non-hydrogen) atoms. The fraction of sp³-hybridized carbons (Fsp3) is 0.360. The third kappa shape index (κ3) is 7.16. The maximum absolute atomic E-state index is 12.3. The summed E-state index contributed by atoms with van der Waals surface area (Å²) < 4.78 is 5.91. The number of aliphatic imine (C=N–C) groups is 1. The zero-order valence-corrected chi connectivity index (χ0v) is 18.0. The number of carbonyl (C=O) groups is 1. The maximum atomic E-state index is 12.3. The lowest BCUT2D eigenvalue weighted by molar-refractivity contribution is -0.114. The molecule has 1 saturated heterocycles. The fourth-order valence-electron chi connectivity index (χ4n) is 3.54. The van der Waals surface area contributed by atoms with Gasteiger partial charge in [-0.1, -0.05) is 42.3 Å². The molecule has 1 aliphatic heterocycles. The lowest BCUT2D eigenvalue weighted by Gasteiger charge is -2.21. The van der Waals surface area contributed by atoms with Crippen molar-refractivity contribution in [3.63, 3.8) is 0 Å². The van der Waals surface area contributed by atoms with Crippen LogP contribution in [-0.2, 0) is 16.1 Å². The molecule has 1 heterocycles. The van der Waals surface area contributed by atoms with Gasteiger partial charge in [-0.3, -0.25) is 4.79 Å². The monoisotopic (exact) mass is 418 g/mol. The summed E-state index contributed by atoms with van der Waals surface area (Å²) in [4.78, 5) is 19.1. The number of likely N-dealkylation sites (tertiary alicyclic amines) is 1. The van der Waals surface area contributed by atoms with Gasteiger partial charge in [0.2, 0.25) is 5.91 Å². The Hall–Kier alpha value is -3.30. The van der Waals surface area contributed by atoms with E-state index >= 15 is 0 Å². The maximum Gasteiger partial charge on any atom is 0.246 e. The van der Waals surface area contributed by atoms with Crippen LogP contribution in [0.2, 0.25) is 0 Å². The Labute approximate surface area is 184 Å². The minimum absolute atomic E-state index is 0.0499. The molecule has 1 amide bonds. The molecule has 162 valence electrons. The second-order valence-electron chi connectivity index (χ2n) is 7.54. The van der Waals surface area contributed by atoms with E-state index in [0.29, 0.717) is 18.2 Å². The molecule has 1 aliphatic rings. The van der Waals surface area contributed by atoms with E-state index < -0.39 is 0 Å². The summed E-state index contributed by atoms with van der Waals surface area (Å²) in [5.41, 5.74) is 2.59. The topological polar surface area (TPSA) is 66.0 Å². The number of hydrogen-bond donors (Lipinski definition) is 2. The van der Waals surface area contributed by atoms with E-state index in [1.54, 1.807) is 6.07 Å². The predicted octanol–water partition coefficient (Wildman–Crippen LogP) is 3.11. The van der Waals surface area contributed by atoms with Crippen LogP contribution in [0.5, 0.6) is 0 Å². The number of guanidine groups is 1. The Morgan fingerprint density at radius 1 is 1.26 bits per heavy atom. The highest BCUT2D eigenvalue weighted by atomic mass is 16.5. The molecule has 1 fully saturated rings. The van der Waals surface area contributed by atoms with Crippen LogP contribution in [-0.4, -0.2) is 49.6 Å². The standard InChI is InChI=1S/C25H30N4O2/c1-3-20-11-8-12-23(15-20)28-24(30)16-27-25(26-4-2)29-14-13-22(17-29)19-31-18-21-9-6-5-7-10-21/h1,5-12,15,22H,4,13-14,16-19H2,2H3,(H,26,27)(H,28,30). The van der Waals surface area contributed by atoms with Crippen LogP contribution in [0, 0.1) is 18.3 Å². The zero-order chi connectivity index (χ0) is 21.9. The van der Waals surface area contributed by atoms with Gasteiger partial charge >= 0.3 is 0 Å². The number of rotatable bonds is 8. The lowest BCUT2D eigenvalue weighted by Crippen LogP contribution is -2.40. The van der Waals surface area contributed by atoms with Gasteiger partial charge in [0.15, 0.2) is 5.96 Å². The van der Waals surface area contributed by atoms with E-state index in [2.05, 4.69) is 38.6 Å². The first kappa shape index (κ1) is 22.4. The molecule has 6 nitrogen and oxygen atoms in total. The van der Waals surface area contributed by atoms with E-state index in [1.165, 1.54) is 5.56 Å². The van der Waals surface area contributed by atoms with E-state index in [9.17, 15) is 4.79 Å². The first-order chi connectivity index (χ1) is 15.2. The summed E-state index contributed by atoms with van der Waals surface area (Å²) >= 11 is 0. The molecule has 2 N–H and O–H groups in total. The van der Waals surface area contributed by atoms with Crippen LogP contribution < -0.4 is 10.6 Å². The molecular weight excluding hydrogens is 388 g/mol. The van der Waals surface area contributed by atoms with Crippen LogP contribution >= 0.6 is 0 Å². The Morgan fingerprint density at radius 3 is 2.87 bits per heavy atom. The van der Waals surface area contributed by atoms with E-state index in [-0.39, 0.29) is 12.5 Å². The molecule has 0 aliphatic carbocycles. The van der Waals surface area contributed by atoms with Crippen molar-refractivity contribution in [1.82, 2.24) is 10.2 Å². The van der Waals surface area contributed by atoms with Crippen LogP contribution in [0.4, 0.5) is 5.69 Å². The molecule has 2 aromatic carbocycles. The summed E-state index contributed by atoms with van der Waals surface area (Å²) in [7, 11) is 0. The molecule has 0 radical (unpaired) electrons. The zero-order valence-electron chi connectivity index (χ0n) is 18.0. The largest absolute Gasteiger partial charge is 0.376 e. The Balaban J connectivity index is 1.48. The number of anilines is 1. The number of benzene rings is 2. The molecule has 0 bridgehead atoms. The van der Waals surface area contributed by atoms with Crippen molar-refractivity contribution in [1.29, 1.82) is 0 Å². The van der Waals surface area contributed by atoms with Crippen molar-refractivity contribution >= 4 is 17.6 Å². The molecule has 2 aromatic rings. The summed E-state index contributed by atoms with van der Waals surface area (Å²) in [6.45, 7) is 5.94. The first-order valence-corrected chi connectivity index (χ1v) is 10.7. The quantitative estimate of drug-likeness (QED) is 0.393. The van der Waals surface area contributed by atoms with Gasteiger partial charge < -0.3 is 20.3 Å². The number of terminal acetylenes is 1. The van der Waals surface area contributed by atoms with Gasteiger partial charge in [0.1, 0.15) is 6.54 Å². The minimum atomic E-state index is -0.175. The van der Waals surface area contributed by atoms with Crippen molar-refractivity contribution in [2.24, 2.45) is 10.9 Å². The van der Waals surface area contributed by atoms with Gasteiger partial charge in [-0.05, 0) is 37.1 Å². The van der Waals surface area contributed by atoms with Crippen molar-refractivity contribution in [3.8, 4) is 12.3 Å². The van der Waals surface area contributed by atoms with Gasteiger partial charge in [-0.15, -0.1) is 6.42 Å². The molecule has 3 rings (SSSR count). The second-order valence-corrected chi connectivity index (χ2v) is 7.54. The molecule has 0 spiro atoms. The highest BCUT2D eigenvalue weighted by Gasteiger charge is 2.25. The number of ether oxygens (including phenoxy) is 1. The summed E-state index contributed by atoms with van der Waals surface area (Å²) in [6, 6.07) is 17.4. The van der Waals surface area contributed by atoms with Crippen molar-refractivity contribution in [2.75, 3.05) is 38.1 Å². The van der Waals surface area contributed by atoms with E-state index in [4.69, 9.17) is 11.2 Å². The highest BCUT2D eigenvalue weighted by molar-refractivity contribution is 5.94. The number of hydrogen-bond acceptors (Lipinski definition) is 3. The van der Waals surface area contributed by atoms with Gasteiger partial charge in [-0.25, -0.2) is 4.99 Å². The predicted molar refractivity (Wildman–Crippen MR) is 125 cm³/mol. The van der Waals surface area contributed by atoms with Crippen LogP contribution in [0.3, 0.4) is 0 Å². The van der Waals surface area contributed by atoms with Gasteiger partial charge in [-0.2, -0.15) is 0 Å². The van der Waals surface area contributed by atoms with Gasteiger partial charge in [0, 0.05) is 36.8 Å². The van der Waals surface area contributed by atoms with E-state index in [0.717, 1.165) is 44.2 Å². The summed E-state index contributed by atoms with van der Waals surface area (Å²) in [6.07, 6.45) is 6.46. The second kappa shape index (κ2) is 11.8. The van der Waals surface area contributed by atoms with E-state index in [1.807, 2.05) is 43.3 Å². The van der Waals surface area contributed by atoms with Gasteiger partial charge in [0.25, 0.3) is 0 Å². The number of amides is 1. The van der Waals surface area contributed by atoms with Crippen LogP contribution in [0.25, 0.3) is 0 Å². The molecule has 6 heteroatoms. The van der Waals surface area contributed by atoms with Crippen molar-refractivity contribution in [3.05, 3.63) is 65.7 Å². The van der Waals surface area contributed by atoms with Crippen LogP contribution in [0.15, 0.2) is 59.6 Å². The third-order valence-electron chi connectivity index (χ3n) is 5.07. The minimum Gasteiger partial charge on any atom is -0.376 e. The average molecular weight is 419 g/mol. The van der Waals surface area contributed by atoms with Crippen LogP contribution in [0.1, 0.15) is 24.5 Å². The number of carbonyl (C=O) groups excluding carboxylic acids is 1. The number of nitrogens with zero attached hydrogens (tertiary/aromatic N) is 2. The third-order valence-corrected chi connectivity index (χ3v) is 5.07. The van der Waals surface area contributed by atoms with Crippen molar-refractivity contribution < 1.29 is 9.53 Å². The lowest BCUT2D eigenvalue weighted by atomic mass is 10.1. The molecule has 1 unspecified atom stereocenters. The molecule has 0 saturated carbocycles. The Morgan fingerprint density at radius 2 is 2.10 bits per heavy atom. The molecule has 0 aromatic heterocycles. The fourth-order valence-corrected chi connectivity index (χ4v) is 3.54. The highest BCUT2D eigenvalue weighted by Crippen LogP contribution is 2.17. The SMILES string of the molecule is C#Cc1cccc(NC(=O)CN=C(NCC)N2CCC(COCc3ccccc3)C2)c1. The Bertz CT molecular complexity index is 921.